The lowest BCUT2D eigenvalue weighted by Gasteiger charge is -2.39. The van der Waals surface area contributed by atoms with Gasteiger partial charge < -0.3 is 19.3 Å². The molecule has 4 heterocycles. The predicted octanol–water partition coefficient (Wildman–Crippen LogP) is 1.58. The first-order valence-corrected chi connectivity index (χ1v) is 12.9. The van der Waals surface area contributed by atoms with Crippen molar-refractivity contribution < 1.29 is 18.8 Å². The van der Waals surface area contributed by atoms with Crippen molar-refractivity contribution in [2.45, 2.75) is 42.7 Å². The molecule has 29 heavy (non-hydrogen) atoms. The maximum atomic E-state index is 11.8. The smallest absolute Gasteiger partial charge is 0.307 e. The second kappa shape index (κ2) is 9.28. The summed E-state index contributed by atoms with van der Waals surface area (Å²) in [6.07, 6.45) is 5.04. The van der Waals surface area contributed by atoms with Crippen LogP contribution >= 0.6 is 11.8 Å². The zero-order valence-electron chi connectivity index (χ0n) is 17.0. The van der Waals surface area contributed by atoms with Gasteiger partial charge in [0.05, 0.1) is 19.5 Å². The lowest BCUT2D eigenvalue weighted by atomic mass is 10.1. The van der Waals surface area contributed by atoms with Gasteiger partial charge >= 0.3 is 5.97 Å². The molecular formula is C19H29N4O4S2+. The van der Waals surface area contributed by atoms with Crippen molar-refractivity contribution >= 4 is 40.7 Å². The van der Waals surface area contributed by atoms with Gasteiger partial charge in [0.2, 0.25) is 5.95 Å². The maximum Gasteiger partial charge on any atom is 0.307 e. The predicted molar refractivity (Wildman–Crippen MR) is 116 cm³/mol. The molecule has 1 unspecified atom stereocenters. The van der Waals surface area contributed by atoms with Gasteiger partial charge in [0.1, 0.15) is 11.8 Å². The van der Waals surface area contributed by atoms with Crippen molar-refractivity contribution in [1.82, 2.24) is 9.97 Å². The summed E-state index contributed by atoms with van der Waals surface area (Å²) in [5.74, 6) is 2.89. The topological polar surface area (TPSA) is 88.0 Å². The monoisotopic (exact) mass is 441 g/mol. The van der Waals surface area contributed by atoms with Crippen LogP contribution in [0.25, 0.3) is 0 Å². The Hall–Kier alpha value is -1.23. The fraction of sp³-hybridized carbons (Fsp3) is 0.737. The third-order valence-corrected chi connectivity index (χ3v) is 7.78. The van der Waals surface area contributed by atoms with Crippen molar-refractivity contribution in [2.24, 2.45) is 0 Å². The molecule has 1 N–H and O–H groups in total. The van der Waals surface area contributed by atoms with Gasteiger partial charge in [0.15, 0.2) is 22.7 Å². The molecule has 3 aliphatic heterocycles. The number of anilines is 2. The lowest BCUT2D eigenvalue weighted by Crippen LogP contribution is -2.54. The highest BCUT2D eigenvalue weighted by atomic mass is 32.2. The molecule has 0 saturated carbocycles. The van der Waals surface area contributed by atoms with Crippen LogP contribution in [0.4, 0.5) is 11.8 Å². The van der Waals surface area contributed by atoms with Crippen LogP contribution in [0.5, 0.6) is 0 Å². The number of rotatable bonds is 7. The molecule has 0 bridgehead atoms. The van der Waals surface area contributed by atoms with E-state index >= 15 is 0 Å². The quantitative estimate of drug-likeness (QED) is 0.500. The molecule has 160 valence electrons. The molecule has 0 aromatic carbocycles. The Balaban J connectivity index is 1.47. The summed E-state index contributed by atoms with van der Waals surface area (Å²) in [5, 5.41) is 0. The van der Waals surface area contributed by atoms with Gasteiger partial charge in [-0.2, -0.15) is 21.3 Å². The Kier molecular flexibility index (Phi) is 6.73. The number of thioether (sulfide) groups is 1. The fourth-order valence-electron chi connectivity index (χ4n) is 3.91. The van der Waals surface area contributed by atoms with E-state index in [1.807, 2.05) is 6.26 Å². The van der Waals surface area contributed by atoms with E-state index in [9.17, 15) is 9.35 Å². The Morgan fingerprint density at radius 3 is 2.86 bits per heavy atom. The van der Waals surface area contributed by atoms with Gasteiger partial charge in [-0.25, -0.2) is 4.98 Å². The highest BCUT2D eigenvalue weighted by Crippen LogP contribution is 2.36. The molecule has 4 rings (SSSR count). The highest BCUT2D eigenvalue weighted by Gasteiger charge is 2.42. The number of aryl methyl sites for hydroxylation is 1. The summed E-state index contributed by atoms with van der Waals surface area (Å²) in [7, 11) is 2.06. The number of aromatic nitrogens is 2. The average Bonchev–Trinajstić information content (AvgIpc) is 3.09. The second-order valence-corrected chi connectivity index (χ2v) is 10.2. The van der Waals surface area contributed by atoms with E-state index in [1.165, 1.54) is 0 Å². The minimum Gasteiger partial charge on any atom is -0.459 e. The van der Waals surface area contributed by atoms with Crippen LogP contribution in [0.3, 0.4) is 0 Å². The van der Waals surface area contributed by atoms with Crippen molar-refractivity contribution in [2.75, 3.05) is 60.9 Å². The van der Waals surface area contributed by atoms with Crippen LogP contribution in [0.2, 0.25) is 0 Å². The largest absolute Gasteiger partial charge is 0.459 e. The van der Waals surface area contributed by atoms with E-state index in [-0.39, 0.29) is 12.1 Å². The van der Waals surface area contributed by atoms with Gasteiger partial charge in [-0.3, -0.25) is 4.79 Å². The first-order chi connectivity index (χ1) is 14.1. The Bertz CT molecular complexity index is 741. The fourth-order valence-corrected chi connectivity index (χ4v) is 5.69. The molecular weight excluding hydrogens is 412 g/mol. The normalized spacial score (nSPS) is 22.3. The molecule has 0 radical (unpaired) electrons. The zero-order valence-corrected chi connectivity index (χ0v) is 18.6. The third-order valence-electron chi connectivity index (χ3n) is 5.69. The summed E-state index contributed by atoms with van der Waals surface area (Å²) in [4.78, 5) is 26.6. The van der Waals surface area contributed by atoms with Crippen LogP contribution in [-0.4, -0.2) is 83.7 Å². The number of hydrogen-bond donors (Lipinski definition) is 1. The Morgan fingerprint density at radius 1 is 1.38 bits per heavy atom. The Morgan fingerprint density at radius 2 is 2.14 bits per heavy atom. The molecule has 0 spiro atoms. The van der Waals surface area contributed by atoms with E-state index in [4.69, 9.17) is 19.4 Å². The molecule has 3 aliphatic rings. The van der Waals surface area contributed by atoms with Crippen LogP contribution in [-0.2, 0) is 31.9 Å². The van der Waals surface area contributed by atoms with Gasteiger partial charge in [-0.1, -0.05) is 0 Å². The summed E-state index contributed by atoms with van der Waals surface area (Å²) in [6.45, 7) is 2.76. The summed E-state index contributed by atoms with van der Waals surface area (Å²) >= 11 is 0.848. The van der Waals surface area contributed by atoms with Crippen molar-refractivity contribution in [3.63, 3.8) is 0 Å². The van der Waals surface area contributed by atoms with E-state index < -0.39 is 11.2 Å². The first-order valence-electron chi connectivity index (χ1n) is 10.1. The van der Waals surface area contributed by atoms with Crippen molar-refractivity contribution in [1.29, 1.82) is 0 Å². The molecule has 2 fully saturated rings. The van der Waals surface area contributed by atoms with Gasteiger partial charge in [-0.05, 0) is 19.1 Å². The Labute approximate surface area is 178 Å². The van der Waals surface area contributed by atoms with Gasteiger partial charge in [0, 0.05) is 38.5 Å². The first kappa shape index (κ1) is 21.0. The van der Waals surface area contributed by atoms with Crippen molar-refractivity contribution in [3.05, 3.63) is 5.69 Å². The standard InChI is InChI=1S/C19H29N4O4S2/c1-22(13-3-7-26-8-4-13)18-17-15(6-10-29(17)25)20-19(21-18)23-11-14(12-23)27-16(24)5-9-28-2/h13-14,25H,3-12H2,1-2H3/q+1. The molecule has 0 aliphatic carbocycles. The summed E-state index contributed by atoms with van der Waals surface area (Å²) < 4.78 is 21.6. The molecule has 1 aromatic heterocycles. The van der Waals surface area contributed by atoms with Crippen LogP contribution < -0.4 is 9.80 Å². The number of hydrogen-bond acceptors (Lipinski definition) is 9. The van der Waals surface area contributed by atoms with Crippen LogP contribution in [0.15, 0.2) is 4.90 Å². The maximum absolute atomic E-state index is 11.8. The van der Waals surface area contributed by atoms with E-state index in [0.29, 0.717) is 31.5 Å². The number of ether oxygens (including phenoxy) is 2. The van der Waals surface area contributed by atoms with E-state index in [0.717, 1.165) is 60.4 Å². The summed E-state index contributed by atoms with van der Waals surface area (Å²) in [6, 6.07) is 0.356. The third kappa shape index (κ3) is 4.60. The average molecular weight is 442 g/mol. The SMILES string of the molecule is CSCCC(=O)OC1CN(c2nc3c(c(N(C)C4CCOCC4)n2)[S+](O)CC3)C1. The highest BCUT2D eigenvalue weighted by molar-refractivity contribution is 7.98. The molecule has 1 aromatic rings. The second-order valence-electron chi connectivity index (χ2n) is 7.66. The number of esters is 1. The summed E-state index contributed by atoms with van der Waals surface area (Å²) in [5.41, 5.74) is 0.954. The van der Waals surface area contributed by atoms with Gasteiger partial charge in [0.25, 0.3) is 4.90 Å². The van der Waals surface area contributed by atoms with Crippen molar-refractivity contribution in [3.8, 4) is 0 Å². The molecule has 8 nitrogen and oxygen atoms in total. The number of nitrogens with zero attached hydrogens (tertiary/aromatic N) is 4. The lowest BCUT2D eigenvalue weighted by molar-refractivity contribution is -0.149. The number of fused-ring (bicyclic) bond motifs is 1. The molecule has 1 atom stereocenters. The zero-order chi connectivity index (χ0) is 20.4. The minimum absolute atomic E-state index is 0.0923. The number of carbonyl (C=O) groups excluding carboxylic acids is 1. The van der Waals surface area contributed by atoms with E-state index in [1.54, 1.807) is 11.8 Å². The molecule has 10 heteroatoms. The van der Waals surface area contributed by atoms with Crippen LogP contribution in [0, 0.1) is 0 Å². The van der Waals surface area contributed by atoms with E-state index in [2.05, 4.69) is 16.8 Å². The minimum atomic E-state index is -0.796. The van der Waals surface area contributed by atoms with Gasteiger partial charge in [-0.15, -0.1) is 0 Å². The number of carbonyl (C=O) groups is 1. The van der Waals surface area contributed by atoms with Crippen LogP contribution in [0.1, 0.15) is 25.0 Å². The molecule has 2 saturated heterocycles. The molecule has 0 amide bonds.